The number of carbonyl (C=O) groups is 1. The van der Waals surface area contributed by atoms with E-state index < -0.39 is 0 Å². The average Bonchev–Trinajstić information content (AvgIpc) is 3.25. The van der Waals surface area contributed by atoms with Crippen molar-refractivity contribution in [1.82, 2.24) is 10.2 Å². The molecule has 2 aromatic rings. The summed E-state index contributed by atoms with van der Waals surface area (Å²) in [6.45, 7) is 1.83. The Morgan fingerprint density at radius 2 is 1.97 bits per heavy atom. The Morgan fingerprint density at radius 1 is 1.21 bits per heavy atom. The van der Waals surface area contributed by atoms with Gasteiger partial charge in [0.05, 0.1) is 10.8 Å². The normalized spacial score (nSPS) is 18.5. The van der Waals surface area contributed by atoms with E-state index >= 15 is 0 Å². The molecule has 1 amide bonds. The number of amides is 1. The lowest BCUT2D eigenvalue weighted by Gasteiger charge is -2.17. The van der Waals surface area contributed by atoms with Crippen LogP contribution >= 0.6 is 23.1 Å². The van der Waals surface area contributed by atoms with E-state index in [-0.39, 0.29) is 11.2 Å². The number of nitrogens with zero attached hydrogens (tertiary/aromatic N) is 3. The number of nitrogens with one attached hydrogen (secondary N) is 1. The summed E-state index contributed by atoms with van der Waals surface area (Å²) in [5.41, 5.74) is 1.79. The summed E-state index contributed by atoms with van der Waals surface area (Å²) >= 11 is 2.84. The van der Waals surface area contributed by atoms with Crippen LogP contribution in [0.2, 0.25) is 0 Å². The summed E-state index contributed by atoms with van der Waals surface area (Å²) in [6.07, 6.45) is 11.3. The number of anilines is 1. The van der Waals surface area contributed by atoms with Gasteiger partial charge >= 0.3 is 0 Å². The minimum absolute atomic E-state index is 0.139. The Bertz CT molecular complexity index is 908. The van der Waals surface area contributed by atoms with E-state index in [0.29, 0.717) is 27.6 Å². The monoisotopic (exact) mass is 430 g/mol. The molecule has 29 heavy (non-hydrogen) atoms. The van der Waals surface area contributed by atoms with Crippen molar-refractivity contribution in [3.8, 4) is 6.07 Å². The van der Waals surface area contributed by atoms with Crippen LogP contribution in [0.1, 0.15) is 86.1 Å². The number of nitriles is 1. The summed E-state index contributed by atoms with van der Waals surface area (Å²) in [5, 5.41) is 21.7. The number of thioether (sulfide) groups is 1. The van der Waals surface area contributed by atoms with Crippen molar-refractivity contribution >= 4 is 34.0 Å². The van der Waals surface area contributed by atoms with Crippen molar-refractivity contribution < 1.29 is 9.21 Å². The fraction of sp³-hybridized carbons (Fsp3) is 0.619. The highest BCUT2D eigenvalue weighted by Crippen LogP contribution is 2.38. The molecule has 6 nitrogen and oxygen atoms in total. The Hall–Kier alpha value is -1.85. The highest BCUT2D eigenvalue weighted by molar-refractivity contribution is 8.00. The first kappa shape index (κ1) is 20.4. The van der Waals surface area contributed by atoms with E-state index in [0.717, 1.165) is 44.1 Å². The van der Waals surface area contributed by atoms with Gasteiger partial charge in [0.2, 0.25) is 11.8 Å². The highest BCUT2D eigenvalue weighted by atomic mass is 32.2. The van der Waals surface area contributed by atoms with Crippen LogP contribution in [0.4, 0.5) is 5.00 Å². The molecule has 0 unspecified atom stereocenters. The summed E-state index contributed by atoms with van der Waals surface area (Å²) in [5.74, 6) is 0.920. The van der Waals surface area contributed by atoms with Crippen LogP contribution in [0.25, 0.3) is 0 Å². The van der Waals surface area contributed by atoms with Gasteiger partial charge in [-0.2, -0.15) is 5.26 Å². The van der Waals surface area contributed by atoms with E-state index in [9.17, 15) is 10.1 Å². The molecule has 2 aromatic heterocycles. The summed E-state index contributed by atoms with van der Waals surface area (Å²) in [6, 6.07) is 2.31. The standard InChI is InChI=1S/C21H26N4O2S2/c1-13(28-21-25-24-19(27-21)14-8-4-2-5-9-14)18(26)23-20-16(12-22)15-10-6-3-7-11-17(15)29-20/h13-14H,2-11H2,1H3,(H,23,26)/t13-/m0/s1. The third-order valence-corrected chi connectivity index (χ3v) is 7.93. The molecule has 1 N–H and O–H groups in total. The maximum absolute atomic E-state index is 12.7. The zero-order chi connectivity index (χ0) is 20.2. The number of aryl methyl sites for hydroxylation is 1. The molecule has 0 radical (unpaired) electrons. The van der Waals surface area contributed by atoms with Crippen LogP contribution < -0.4 is 5.32 Å². The van der Waals surface area contributed by atoms with Crippen molar-refractivity contribution in [3.05, 3.63) is 21.9 Å². The van der Waals surface area contributed by atoms with Gasteiger partial charge in [0, 0.05) is 10.8 Å². The molecule has 0 aliphatic heterocycles. The zero-order valence-corrected chi connectivity index (χ0v) is 18.3. The van der Waals surface area contributed by atoms with Gasteiger partial charge in [-0.3, -0.25) is 4.79 Å². The molecular formula is C21H26N4O2S2. The first-order valence-electron chi connectivity index (χ1n) is 10.5. The fourth-order valence-corrected chi connectivity index (χ4v) is 6.08. The van der Waals surface area contributed by atoms with Gasteiger partial charge in [-0.05, 0) is 51.0 Å². The topological polar surface area (TPSA) is 91.8 Å². The molecular weight excluding hydrogens is 404 g/mol. The number of aromatic nitrogens is 2. The van der Waals surface area contributed by atoms with Gasteiger partial charge in [-0.25, -0.2) is 0 Å². The Morgan fingerprint density at radius 3 is 2.76 bits per heavy atom. The van der Waals surface area contributed by atoms with Crippen LogP contribution in [0.5, 0.6) is 0 Å². The van der Waals surface area contributed by atoms with E-state index in [1.165, 1.54) is 42.3 Å². The van der Waals surface area contributed by atoms with Crippen molar-refractivity contribution in [2.75, 3.05) is 5.32 Å². The SMILES string of the molecule is C[C@H](Sc1nnc(C2CCCCC2)o1)C(=O)Nc1sc2c(c1C#N)CCCCC2. The van der Waals surface area contributed by atoms with Crippen molar-refractivity contribution in [1.29, 1.82) is 5.26 Å². The minimum Gasteiger partial charge on any atom is -0.416 e. The first-order valence-corrected chi connectivity index (χ1v) is 12.2. The molecule has 1 saturated carbocycles. The zero-order valence-electron chi connectivity index (χ0n) is 16.7. The first-order chi connectivity index (χ1) is 14.2. The van der Waals surface area contributed by atoms with Crippen LogP contribution in [-0.4, -0.2) is 21.4 Å². The van der Waals surface area contributed by atoms with Gasteiger partial charge in [0.1, 0.15) is 11.1 Å². The Balaban J connectivity index is 1.40. The molecule has 154 valence electrons. The van der Waals surface area contributed by atoms with Crippen LogP contribution in [0.15, 0.2) is 9.64 Å². The molecule has 4 rings (SSSR count). The largest absolute Gasteiger partial charge is 0.416 e. The van der Waals surface area contributed by atoms with Crippen LogP contribution in [-0.2, 0) is 17.6 Å². The molecule has 0 saturated heterocycles. The predicted octanol–water partition coefficient (Wildman–Crippen LogP) is 5.44. The second-order valence-electron chi connectivity index (χ2n) is 7.87. The Kier molecular flexibility index (Phi) is 6.56. The van der Waals surface area contributed by atoms with E-state index in [1.807, 2.05) is 6.92 Å². The Labute approximate surface area is 179 Å². The maximum atomic E-state index is 12.7. The molecule has 2 aliphatic rings. The molecule has 2 heterocycles. The summed E-state index contributed by atoms with van der Waals surface area (Å²) in [7, 11) is 0. The lowest BCUT2D eigenvalue weighted by Crippen LogP contribution is -2.22. The number of fused-ring (bicyclic) bond motifs is 1. The maximum Gasteiger partial charge on any atom is 0.277 e. The van der Waals surface area contributed by atoms with E-state index in [2.05, 4.69) is 21.6 Å². The molecule has 2 aliphatic carbocycles. The third kappa shape index (κ3) is 4.67. The molecule has 0 bridgehead atoms. The second-order valence-corrected chi connectivity index (χ2v) is 10.3. The predicted molar refractivity (Wildman–Crippen MR) is 114 cm³/mol. The number of rotatable bonds is 5. The number of hydrogen-bond donors (Lipinski definition) is 1. The smallest absolute Gasteiger partial charge is 0.277 e. The van der Waals surface area contributed by atoms with Crippen molar-refractivity contribution in [3.63, 3.8) is 0 Å². The van der Waals surface area contributed by atoms with Crippen molar-refractivity contribution in [2.45, 2.75) is 87.5 Å². The van der Waals surface area contributed by atoms with Gasteiger partial charge in [0.25, 0.3) is 5.22 Å². The van der Waals surface area contributed by atoms with E-state index in [4.69, 9.17) is 4.42 Å². The molecule has 0 aromatic carbocycles. The van der Waals surface area contributed by atoms with Crippen LogP contribution in [0.3, 0.4) is 0 Å². The number of hydrogen-bond acceptors (Lipinski definition) is 7. The lowest BCUT2D eigenvalue weighted by atomic mass is 9.89. The molecule has 0 spiro atoms. The highest BCUT2D eigenvalue weighted by Gasteiger charge is 2.26. The molecule has 1 fully saturated rings. The lowest BCUT2D eigenvalue weighted by molar-refractivity contribution is -0.115. The summed E-state index contributed by atoms with van der Waals surface area (Å²) in [4.78, 5) is 14.0. The minimum atomic E-state index is -0.386. The molecule has 8 heteroatoms. The van der Waals surface area contributed by atoms with Gasteiger partial charge in [-0.1, -0.05) is 37.4 Å². The van der Waals surface area contributed by atoms with Gasteiger partial charge in [0.15, 0.2) is 0 Å². The summed E-state index contributed by atoms with van der Waals surface area (Å²) < 4.78 is 5.83. The second kappa shape index (κ2) is 9.31. The van der Waals surface area contributed by atoms with Crippen molar-refractivity contribution in [2.24, 2.45) is 0 Å². The number of thiophene rings is 1. The average molecular weight is 431 g/mol. The molecule has 1 atom stereocenters. The third-order valence-electron chi connectivity index (χ3n) is 5.79. The van der Waals surface area contributed by atoms with Gasteiger partial charge in [-0.15, -0.1) is 21.5 Å². The van der Waals surface area contributed by atoms with Gasteiger partial charge < -0.3 is 9.73 Å². The number of carbonyl (C=O) groups excluding carboxylic acids is 1. The van der Waals surface area contributed by atoms with E-state index in [1.54, 1.807) is 11.3 Å². The van der Waals surface area contributed by atoms with Crippen LogP contribution in [0, 0.1) is 11.3 Å². The quantitative estimate of drug-likeness (QED) is 0.502. The fourth-order valence-electron chi connectivity index (χ4n) is 4.15.